The number of rotatable bonds is 6. The maximum atomic E-state index is 5.42. The Hall–Kier alpha value is -2.53. The van der Waals surface area contributed by atoms with Crippen LogP contribution in [0.5, 0.6) is 5.75 Å². The third-order valence-electron chi connectivity index (χ3n) is 5.14. The van der Waals surface area contributed by atoms with Crippen molar-refractivity contribution in [2.24, 2.45) is 4.99 Å². The van der Waals surface area contributed by atoms with Crippen LogP contribution in [-0.4, -0.2) is 43.6 Å². The first kappa shape index (κ1) is 19.2. The maximum Gasteiger partial charge on any atom is 0.191 e. The van der Waals surface area contributed by atoms with E-state index in [0.29, 0.717) is 18.6 Å². The van der Waals surface area contributed by atoms with Gasteiger partial charge < -0.3 is 15.4 Å². The summed E-state index contributed by atoms with van der Waals surface area (Å²) in [5.41, 5.74) is 2.48. The molecule has 0 amide bonds. The van der Waals surface area contributed by atoms with Gasteiger partial charge in [0.15, 0.2) is 5.96 Å². The van der Waals surface area contributed by atoms with Crippen molar-refractivity contribution in [2.45, 2.75) is 38.5 Å². The molecular weight excluding hydrogens is 336 g/mol. The molecule has 0 saturated carbocycles. The zero-order valence-electron chi connectivity index (χ0n) is 16.5. The number of aliphatic imine (C=N–C) groups is 1. The van der Waals surface area contributed by atoms with Crippen molar-refractivity contribution < 1.29 is 4.74 Å². The summed E-state index contributed by atoms with van der Waals surface area (Å²) in [7, 11) is 3.52. The Morgan fingerprint density at radius 3 is 2.63 bits per heavy atom. The molecule has 2 aromatic carbocycles. The SMILES string of the molecule is CN=C(NCc1ccccc1OC)NC1CC(C)N(Cc2ccccc2)C1. The molecule has 0 aliphatic carbocycles. The van der Waals surface area contributed by atoms with Crippen LogP contribution in [0.3, 0.4) is 0 Å². The van der Waals surface area contributed by atoms with Gasteiger partial charge >= 0.3 is 0 Å². The van der Waals surface area contributed by atoms with E-state index in [1.807, 2.05) is 25.2 Å². The molecule has 3 rings (SSSR count). The van der Waals surface area contributed by atoms with Crippen LogP contribution < -0.4 is 15.4 Å². The zero-order chi connectivity index (χ0) is 19.1. The largest absolute Gasteiger partial charge is 0.496 e. The predicted octanol–water partition coefficient (Wildman–Crippen LogP) is 3.02. The molecule has 1 aliphatic rings. The number of benzene rings is 2. The summed E-state index contributed by atoms with van der Waals surface area (Å²) in [6, 6.07) is 19.7. The van der Waals surface area contributed by atoms with E-state index < -0.39 is 0 Å². The monoisotopic (exact) mass is 366 g/mol. The lowest BCUT2D eigenvalue weighted by molar-refractivity contribution is 0.258. The fourth-order valence-electron chi connectivity index (χ4n) is 3.66. The summed E-state index contributed by atoms with van der Waals surface area (Å²) in [6.45, 7) is 4.99. The molecule has 5 nitrogen and oxygen atoms in total. The number of hydrogen-bond acceptors (Lipinski definition) is 3. The van der Waals surface area contributed by atoms with Crippen molar-refractivity contribution in [1.29, 1.82) is 0 Å². The minimum atomic E-state index is 0.396. The number of likely N-dealkylation sites (tertiary alicyclic amines) is 1. The minimum Gasteiger partial charge on any atom is -0.496 e. The van der Waals surface area contributed by atoms with E-state index in [-0.39, 0.29) is 0 Å². The Morgan fingerprint density at radius 2 is 1.89 bits per heavy atom. The number of hydrogen-bond donors (Lipinski definition) is 2. The van der Waals surface area contributed by atoms with Crippen molar-refractivity contribution in [3.8, 4) is 5.75 Å². The highest BCUT2D eigenvalue weighted by atomic mass is 16.5. The van der Waals surface area contributed by atoms with Crippen molar-refractivity contribution in [2.75, 3.05) is 20.7 Å². The van der Waals surface area contributed by atoms with Crippen LogP contribution >= 0.6 is 0 Å². The Morgan fingerprint density at radius 1 is 1.15 bits per heavy atom. The molecule has 144 valence electrons. The molecule has 0 aromatic heterocycles. The first-order valence-electron chi connectivity index (χ1n) is 9.56. The highest BCUT2D eigenvalue weighted by molar-refractivity contribution is 5.80. The van der Waals surface area contributed by atoms with Gasteiger partial charge in [-0.25, -0.2) is 0 Å². The van der Waals surface area contributed by atoms with Gasteiger partial charge in [-0.1, -0.05) is 48.5 Å². The second kappa shape index (κ2) is 9.42. The standard InChI is InChI=1S/C22H30N4O/c1-17-13-20(16-26(17)15-18-9-5-4-6-10-18)25-22(23-2)24-14-19-11-7-8-12-21(19)27-3/h4-12,17,20H,13-16H2,1-3H3,(H2,23,24,25). The topological polar surface area (TPSA) is 48.9 Å². The molecule has 2 aromatic rings. The summed E-state index contributed by atoms with van der Waals surface area (Å²) >= 11 is 0. The molecule has 0 radical (unpaired) electrons. The maximum absolute atomic E-state index is 5.42. The molecule has 0 spiro atoms. The van der Waals surface area contributed by atoms with Crippen molar-refractivity contribution >= 4 is 5.96 Å². The molecule has 1 saturated heterocycles. The van der Waals surface area contributed by atoms with Crippen LogP contribution in [0, 0.1) is 0 Å². The van der Waals surface area contributed by atoms with Gasteiger partial charge in [0, 0.05) is 44.3 Å². The quantitative estimate of drug-likeness (QED) is 0.609. The molecule has 0 bridgehead atoms. The molecule has 1 aliphatic heterocycles. The molecule has 2 N–H and O–H groups in total. The average molecular weight is 367 g/mol. The van der Waals surface area contributed by atoms with Crippen molar-refractivity contribution in [3.05, 3.63) is 65.7 Å². The lowest BCUT2D eigenvalue weighted by Gasteiger charge is -2.21. The normalized spacial score (nSPS) is 20.5. The highest BCUT2D eigenvalue weighted by Crippen LogP contribution is 2.20. The highest BCUT2D eigenvalue weighted by Gasteiger charge is 2.29. The number of para-hydroxylation sites is 1. The number of nitrogens with one attached hydrogen (secondary N) is 2. The number of ether oxygens (including phenoxy) is 1. The first-order valence-corrected chi connectivity index (χ1v) is 9.56. The van der Waals surface area contributed by atoms with Crippen molar-refractivity contribution in [1.82, 2.24) is 15.5 Å². The van der Waals surface area contributed by atoms with Crippen LogP contribution in [0.2, 0.25) is 0 Å². The molecule has 2 atom stereocenters. The molecule has 27 heavy (non-hydrogen) atoms. The summed E-state index contributed by atoms with van der Waals surface area (Å²) < 4.78 is 5.42. The number of nitrogens with zero attached hydrogens (tertiary/aromatic N) is 2. The molecular formula is C22H30N4O. The Kier molecular flexibility index (Phi) is 6.71. The van der Waals surface area contributed by atoms with Gasteiger partial charge in [-0.3, -0.25) is 9.89 Å². The van der Waals surface area contributed by atoms with E-state index in [0.717, 1.165) is 36.8 Å². The van der Waals surface area contributed by atoms with Gasteiger partial charge in [-0.15, -0.1) is 0 Å². The van der Waals surface area contributed by atoms with E-state index in [1.165, 1.54) is 5.56 Å². The summed E-state index contributed by atoms with van der Waals surface area (Å²) in [5, 5.41) is 6.98. The number of guanidine groups is 1. The molecule has 1 heterocycles. The average Bonchev–Trinajstić information content (AvgIpc) is 3.05. The zero-order valence-corrected chi connectivity index (χ0v) is 16.5. The third-order valence-corrected chi connectivity index (χ3v) is 5.14. The lowest BCUT2D eigenvalue weighted by atomic mass is 10.2. The Labute approximate surface area is 162 Å². The third kappa shape index (κ3) is 5.23. The fraction of sp³-hybridized carbons (Fsp3) is 0.409. The lowest BCUT2D eigenvalue weighted by Crippen LogP contribution is -2.44. The summed E-state index contributed by atoms with van der Waals surface area (Å²) in [6.07, 6.45) is 1.11. The van der Waals surface area contributed by atoms with Gasteiger partial charge in [0.1, 0.15) is 5.75 Å². The second-order valence-electron chi connectivity index (χ2n) is 7.08. The number of methoxy groups -OCH3 is 1. The minimum absolute atomic E-state index is 0.396. The van der Waals surface area contributed by atoms with E-state index in [1.54, 1.807) is 7.11 Å². The summed E-state index contributed by atoms with van der Waals surface area (Å²) in [4.78, 5) is 6.92. The first-order chi connectivity index (χ1) is 13.2. The van der Waals surface area contributed by atoms with Crippen LogP contribution in [0.15, 0.2) is 59.6 Å². The molecule has 1 fully saturated rings. The Bertz CT molecular complexity index is 747. The molecule has 5 heteroatoms. The smallest absolute Gasteiger partial charge is 0.191 e. The van der Waals surface area contributed by atoms with Gasteiger partial charge in [0.2, 0.25) is 0 Å². The second-order valence-corrected chi connectivity index (χ2v) is 7.08. The Balaban J connectivity index is 1.53. The van der Waals surface area contributed by atoms with Crippen LogP contribution in [0.1, 0.15) is 24.5 Å². The van der Waals surface area contributed by atoms with Crippen LogP contribution in [0.4, 0.5) is 0 Å². The van der Waals surface area contributed by atoms with Gasteiger partial charge in [0.05, 0.1) is 7.11 Å². The van der Waals surface area contributed by atoms with E-state index in [9.17, 15) is 0 Å². The van der Waals surface area contributed by atoms with Gasteiger partial charge in [-0.2, -0.15) is 0 Å². The summed E-state index contributed by atoms with van der Waals surface area (Å²) in [5.74, 6) is 1.73. The molecule has 2 unspecified atom stereocenters. The van der Waals surface area contributed by atoms with Crippen LogP contribution in [-0.2, 0) is 13.1 Å². The predicted molar refractivity (Wildman–Crippen MR) is 111 cm³/mol. The van der Waals surface area contributed by atoms with Gasteiger partial charge in [-0.05, 0) is 25.0 Å². The fourth-order valence-corrected chi connectivity index (χ4v) is 3.66. The van der Waals surface area contributed by atoms with E-state index in [2.05, 4.69) is 63.8 Å². The van der Waals surface area contributed by atoms with Gasteiger partial charge in [0.25, 0.3) is 0 Å². The van der Waals surface area contributed by atoms with Crippen molar-refractivity contribution in [3.63, 3.8) is 0 Å². The van der Waals surface area contributed by atoms with Crippen LogP contribution in [0.25, 0.3) is 0 Å². The van der Waals surface area contributed by atoms with E-state index >= 15 is 0 Å². The van der Waals surface area contributed by atoms with E-state index in [4.69, 9.17) is 4.74 Å².